The normalized spacial score (nSPS) is 18.0. The van der Waals surface area contributed by atoms with E-state index in [9.17, 15) is 4.79 Å². The van der Waals surface area contributed by atoms with Gasteiger partial charge in [0.05, 0.1) is 5.25 Å². The predicted octanol–water partition coefficient (Wildman–Crippen LogP) is 2.75. The minimum Gasteiger partial charge on any atom is -0.342 e. The molecule has 1 heterocycles. The summed E-state index contributed by atoms with van der Waals surface area (Å²) in [5, 5.41) is 0.0341. The molecule has 20 heavy (non-hydrogen) atoms. The Labute approximate surface area is 125 Å². The SMILES string of the molecule is CCC(Sc1ccccc1)C(=O)N1CCC(CN)CC1. The highest BCUT2D eigenvalue weighted by atomic mass is 32.2. The number of piperidine rings is 1. The number of carbonyl (C=O) groups excluding carboxylic acids is 1. The fraction of sp³-hybridized carbons (Fsp3) is 0.562. The smallest absolute Gasteiger partial charge is 0.236 e. The van der Waals surface area contributed by atoms with E-state index in [2.05, 4.69) is 19.1 Å². The van der Waals surface area contributed by atoms with Gasteiger partial charge in [0.15, 0.2) is 0 Å². The van der Waals surface area contributed by atoms with E-state index in [1.807, 2.05) is 23.1 Å². The van der Waals surface area contributed by atoms with Crippen LogP contribution >= 0.6 is 11.8 Å². The molecule has 0 saturated carbocycles. The van der Waals surface area contributed by atoms with Crippen molar-refractivity contribution < 1.29 is 4.79 Å². The van der Waals surface area contributed by atoms with E-state index >= 15 is 0 Å². The summed E-state index contributed by atoms with van der Waals surface area (Å²) in [5.41, 5.74) is 5.71. The molecule has 1 fully saturated rings. The predicted molar refractivity (Wildman–Crippen MR) is 84.7 cm³/mol. The highest BCUT2D eigenvalue weighted by molar-refractivity contribution is 8.00. The van der Waals surface area contributed by atoms with Gasteiger partial charge in [0.2, 0.25) is 5.91 Å². The molecule has 1 aromatic carbocycles. The number of carbonyl (C=O) groups is 1. The minimum absolute atomic E-state index is 0.0341. The maximum absolute atomic E-state index is 12.6. The number of rotatable bonds is 5. The van der Waals surface area contributed by atoms with Crippen LogP contribution in [0.2, 0.25) is 0 Å². The van der Waals surface area contributed by atoms with Crippen molar-refractivity contribution in [2.24, 2.45) is 11.7 Å². The van der Waals surface area contributed by atoms with Crippen molar-refractivity contribution in [1.82, 2.24) is 4.90 Å². The second-order valence-electron chi connectivity index (χ2n) is 5.33. The summed E-state index contributed by atoms with van der Waals surface area (Å²) in [6.07, 6.45) is 2.97. The maximum atomic E-state index is 12.6. The summed E-state index contributed by atoms with van der Waals surface area (Å²) < 4.78 is 0. The van der Waals surface area contributed by atoms with Crippen LogP contribution in [0.5, 0.6) is 0 Å². The molecule has 3 nitrogen and oxygen atoms in total. The van der Waals surface area contributed by atoms with Crippen LogP contribution in [-0.2, 0) is 4.79 Å². The zero-order valence-corrected chi connectivity index (χ0v) is 12.9. The molecule has 1 amide bonds. The van der Waals surface area contributed by atoms with Crippen molar-refractivity contribution in [3.05, 3.63) is 30.3 Å². The molecule has 0 aliphatic carbocycles. The number of benzene rings is 1. The van der Waals surface area contributed by atoms with E-state index in [4.69, 9.17) is 5.73 Å². The van der Waals surface area contributed by atoms with Crippen LogP contribution < -0.4 is 5.73 Å². The van der Waals surface area contributed by atoms with Crippen LogP contribution in [0.25, 0.3) is 0 Å². The monoisotopic (exact) mass is 292 g/mol. The third-order valence-electron chi connectivity index (χ3n) is 3.93. The Morgan fingerprint density at radius 2 is 2.00 bits per heavy atom. The van der Waals surface area contributed by atoms with Crippen LogP contribution in [-0.4, -0.2) is 35.7 Å². The average molecular weight is 292 g/mol. The molecular formula is C16H24N2OS. The Morgan fingerprint density at radius 1 is 1.35 bits per heavy atom. The Bertz CT molecular complexity index is 416. The van der Waals surface area contributed by atoms with Gasteiger partial charge in [-0.2, -0.15) is 0 Å². The Kier molecular flexibility index (Phi) is 5.92. The minimum atomic E-state index is 0.0341. The van der Waals surface area contributed by atoms with E-state index in [1.165, 1.54) is 4.90 Å². The van der Waals surface area contributed by atoms with Crippen molar-refractivity contribution in [3.63, 3.8) is 0 Å². The topological polar surface area (TPSA) is 46.3 Å². The molecule has 2 N–H and O–H groups in total. The second-order valence-corrected chi connectivity index (χ2v) is 6.61. The molecule has 1 atom stereocenters. The number of thioether (sulfide) groups is 1. The van der Waals surface area contributed by atoms with Crippen molar-refractivity contribution in [3.8, 4) is 0 Å². The Balaban J connectivity index is 1.92. The van der Waals surface area contributed by atoms with Crippen LogP contribution in [0, 0.1) is 5.92 Å². The molecule has 0 radical (unpaired) electrons. The summed E-state index contributed by atoms with van der Waals surface area (Å²) in [5.74, 6) is 0.887. The third kappa shape index (κ3) is 4.00. The van der Waals surface area contributed by atoms with Crippen LogP contribution in [0.4, 0.5) is 0 Å². The number of hydrogen-bond acceptors (Lipinski definition) is 3. The number of amides is 1. The van der Waals surface area contributed by atoms with Gasteiger partial charge >= 0.3 is 0 Å². The average Bonchev–Trinajstić information content (AvgIpc) is 2.53. The molecule has 4 heteroatoms. The molecule has 0 aromatic heterocycles. The summed E-state index contributed by atoms with van der Waals surface area (Å²) in [6.45, 7) is 4.57. The molecule has 1 saturated heterocycles. The van der Waals surface area contributed by atoms with E-state index in [0.29, 0.717) is 5.92 Å². The molecular weight excluding hydrogens is 268 g/mol. The van der Waals surface area contributed by atoms with Crippen molar-refractivity contribution in [1.29, 1.82) is 0 Å². The van der Waals surface area contributed by atoms with E-state index in [-0.39, 0.29) is 11.2 Å². The largest absolute Gasteiger partial charge is 0.342 e. The van der Waals surface area contributed by atoms with Gasteiger partial charge in [-0.15, -0.1) is 11.8 Å². The summed E-state index contributed by atoms with van der Waals surface area (Å²) >= 11 is 1.68. The quantitative estimate of drug-likeness (QED) is 0.849. The fourth-order valence-electron chi connectivity index (χ4n) is 2.56. The number of hydrogen-bond donors (Lipinski definition) is 1. The summed E-state index contributed by atoms with van der Waals surface area (Å²) in [4.78, 5) is 15.8. The standard InChI is InChI=1S/C16H24N2OS/c1-2-15(20-14-6-4-3-5-7-14)16(19)18-10-8-13(12-17)9-11-18/h3-7,13,15H,2,8-12,17H2,1H3. The first-order valence-corrected chi connectivity index (χ1v) is 8.33. The lowest BCUT2D eigenvalue weighted by atomic mass is 9.97. The van der Waals surface area contributed by atoms with E-state index in [0.717, 1.165) is 38.9 Å². The van der Waals surface area contributed by atoms with Gasteiger partial charge in [-0.25, -0.2) is 0 Å². The fourth-order valence-corrected chi connectivity index (χ4v) is 3.62. The van der Waals surface area contributed by atoms with Gasteiger partial charge in [-0.3, -0.25) is 4.79 Å². The number of nitrogens with two attached hydrogens (primary N) is 1. The molecule has 0 spiro atoms. The van der Waals surface area contributed by atoms with Gasteiger partial charge in [0.1, 0.15) is 0 Å². The Morgan fingerprint density at radius 3 is 2.55 bits per heavy atom. The van der Waals surface area contributed by atoms with Gasteiger partial charge < -0.3 is 10.6 Å². The van der Waals surface area contributed by atoms with Crippen LogP contribution in [0.15, 0.2) is 35.2 Å². The third-order valence-corrected chi connectivity index (χ3v) is 5.29. The first-order valence-electron chi connectivity index (χ1n) is 7.45. The lowest BCUT2D eigenvalue weighted by Gasteiger charge is -2.33. The highest BCUT2D eigenvalue weighted by Crippen LogP contribution is 2.28. The molecule has 2 rings (SSSR count). The number of likely N-dealkylation sites (tertiary alicyclic amines) is 1. The zero-order valence-electron chi connectivity index (χ0n) is 12.1. The summed E-state index contributed by atoms with van der Waals surface area (Å²) in [6, 6.07) is 10.2. The molecule has 110 valence electrons. The van der Waals surface area contributed by atoms with Gasteiger partial charge in [0.25, 0.3) is 0 Å². The van der Waals surface area contributed by atoms with Crippen molar-refractivity contribution >= 4 is 17.7 Å². The molecule has 1 aliphatic heterocycles. The number of nitrogens with zero attached hydrogens (tertiary/aromatic N) is 1. The lowest BCUT2D eigenvalue weighted by Crippen LogP contribution is -2.43. The molecule has 0 bridgehead atoms. The first kappa shape index (κ1) is 15.4. The van der Waals surface area contributed by atoms with Crippen molar-refractivity contribution in [2.45, 2.75) is 36.3 Å². The van der Waals surface area contributed by atoms with E-state index < -0.39 is 0 Å². The van der Waals surface area contributed by atoms with Gasteiger partial charge in [-0.1, -0.05) is 25.1 Å². The Hall–Kier alpha value is -1.00. The van der Waals surface area contributed by atoms with Gasteiger partial charge in [-0.05, 0) is 43.9 Å². The molecule has 1 unspecified atom stereocenters. The maximum Gasteiger partial charge on any atom is 0.236 e. The van der Waals surface area contributed by atoms with Crippen molar-refractivity contribution in [2.75, 3.05) is 19.6 Å². The zero-order chi connectivity index (χ0) is 14.4. The van der Waals surface area contributed by atoms with Crippen LogP contribution in [0.3, 0.4) is 0 Å². The molecule has 1 aromatic rings. The lowest BCUT2D eigenvalue weighted by molar-refractivity contribution is -0.132. The first-order chi connectivity index (χ1) is 9.74. The van der Waals surface area contributed by atoms with Crippen LogP contribution in [0.1, 0.15) is 26.2 Å². The summed E-state index contributed by atoms with van der Waals surface area (Å²) in [7, 11) is 0. The second kappa shape index (κ2) is 7.70. The molecule has 1 aliphatic rings. The van der Waals surface area contributed by atoms with Gasteiger partial charge in [0, 0.05) is 18.0 Å². The highest BCUT2D eigenvalue weighted by Gasteiger charge is 2.27. The van der Waals surface area contributed by atoms with E-state index in [1.54, 1.807) is 11.8 Å².